The van der Waals surface area contributed by atoms with E-state index in [4.69, 9.17) is 0 Å². The van der Waals surface area contributed by atoms with Crippen molar-refractivity contribution in [2.24, 2.45) is 0 Å². The van der Waals surface area contributed by atoms with Gasteiger partial charge >= 0.3 is 0 Å². The lowest BCUT2D eigenvalue weighted by Gasteiger charge is -2.25. The maximum absolute atomic E-state index is 12.0. The first-order valence-corrected chi connectivity index (χ1v) is 6.02. The van der Waals surface area contributed by atoms with E-state index in [9.17, 15) is 9.59 Å². The third-order valence-corrected chi connectivity index (χ3v) is 2.99. The van der Waals surface area contributed by atoms with E-state index >= 15 is 0 Å². The highest BCUT2D eigenvalue weighted by molar-refractivity contribution is 5.86. The van der Waals surface area contributed by atoms with Crippen LogP contribution in [0.3, 0.4) is 0 Å². The zero-order valence-corrected chi connectivity index (χ0v) is 10.3. The highest BCUT2D eigenvalue weighted by atomic mass is 16.2. The lowest BCUT2D eigenvalue weighted by Crippen LogP contribution is -2.58. The van der Waals surface area contributed by atoms with E-state index in [-0.39, 0.29) is 30.4 Å². The normalized spacial score (nSPS) is 20.9. The first-order chi connectivity index (χ1) is 8.66. The second kappa shape index (κ2) is 5.64. The fraction of sp³-hybridized carbons (Fsp3) is 0.385. The van der Waals surface area contributed by atoms with Crippen LogP contribution in [0.5, 0.6) is 0 Å². The Morgan fingerprint density at radius 1 is 1.39 bits per heavy atom. The fourth-order valence-corrected chi connectivity index (χ4v) is 1.89. The van der Waals surface area contributed by atoms with Crippen LogP contribution in [0, 0.1) is 0 Å². The van der Waals surface area contributed by atoms with Crippen molar-refractivity contribution >= 4 is 11.8 Å². The second-order valence-electron chi connectivity index (χ2n) is 4.38. The molecule has 1 saturated heterocycles. The van der Waals surface area contributed by atoms with E-state index in [0.29, 0.717) is 6.54 Å². The van der Waals surface area contributed by atoms with Gasteiger partial charge in [-0.2, -0.15) is 0 Å². The molecular formula is C13H17N3O2. The van der Waals surface area contributed by atoms with Crippen molar-refractivity contribution in [1.29, 1.82) is 0 Å². The summed E-state index contributed by atoms with van der Waals surface area (Å²) in [6.07, 6.45) is 0. The van der Waals surface area contributed by atoms with Gasteiger partial charge in [0.15, 0.2) is 0 Å². The Hall–Kier alpha value is -1.88. The maximum Gasteiger partial charge on any atom is 0.239 e. The molecule has 0 spiro atoms. The first kappa shape index (κ1) is 12.6. The van der Waals surface area contributed by atoms with Gasteiger partial charge < -0.3 is 10.6 Å². The summed E-state index contributed by atoms with van der Waals surface area (Å²) in [5, 5.41) is 8.49. The summed E-state index contributed by atoms with van der Waals surface area (Å²) in [5.41, 5.74) is 1.06. The quantitative estimate of drug-likeness (QED) is 0.701. The summed E-state index contributed by atoms with van der Waals surface area (Å²) < 4.78 is 0. The molecule has 2 amide bonds. The van der Waals surface area contributed by atoms with Crippen LogP contribution in [-0.2, 0) is 9.59 Å². The van der Waals surface area contributed by atoms with Gasteiger partial charge in [-0.25, -0.2) is 0 Å². The maximum atomic E-state index is 12.0. The molecule has 5 heteroatoms. The summed E-state index contributed by atoms with van der Waals surface area (Å²) in [4.78, 5) is 22.9. The Bertz CT molecular complexity index is 423. The molecule has 1 fully saturated rings. The highest BCUT2D eigenvalue weighted by Crippen LogP contribution is 2.11. The van der Waals surface area contributed by atoms with Crippen molar-refractivity contribution in [3.63, 3.8) is 0 Å². The van der Waals surface area contributed by atoms with Crippen LogP contribution in [0.1, 0.15) is 18.5 Å². The number of carbonyl (C=O) groups is 2. The minimum Gasteiger partial charge on any atom is -0.353 e. The van der Waals surface area contributed by atoms with Gasteiger partial charge in [-0.15, -0.1) is 0 Å². The number of hydrogen-bond acceptors (Lipinski definition) is 3. The van der Waals surface area contributed by atoms with Crippen LogP contribution in [0.25, 0.3) is 0 Å². The molecule has 3 N–H and O–H groups in total. The second-order valence-corrected chi connectivity index (χ2v) is 4.38. The Balaban J connectivity index is 1.89. The molecule has 1 aliphatic heterocycles. The van der Waals surface area contributed by atoms with E-state index < -0.39 is 0 Å². The van der Waals surface area contributed by atoms with Crippen LogP contribution < -0.4 is 16.0 Å². The van der Waals surface area contributed by atoms with Gasteiger partial charge in [0.1, 0.15) is 6.04 Å². The minimum atomic E-state index is -0.353. The van der Waals surface area contributed by atoms with E-state index in [1.807, 2.05) is 37.3 Å². The van der Waals surface area contributed by atoms with Crippen LogP contribution >= 0.6 is 0 Å². The van der Waals surface area contributed by atoms with Crippen molar-refractivity contribution in [1.82, 2.24) is 16.0 Å². The standard InChI is InChI=1S/C13H17N3O2/c1-9(10-5-3-2-4-6-10)16-13(18)11-7-15-12(17)8-14-11/h2-6,9,11,14H,7-8H2,1H3,(H,15,17)(H,16,18)/t9-,11?/m1/s1. The summed E-state index contributed by atoms with van der Waals surface area (Å²) in [6.45, 7) is 2.47. The molecule has 0 radical (unpaired) electrons. The van der Waals surface area contributed by atoms with Crippen LogP contribution in [-0.4, -0.2) is 30.9 Å². The Labute approximate surface area is 106 Å². The number of amides is 2. The molecule has 1 aromatic rings. The fourth-order valence-electron chi connectivity index (χ4n) is 1.89. The molecule has 0 bridgehead atoms. The Morgan fingerprint density at radius 3 is 2.72 bits per heavy atom. The van der Waals surface area contributed by atoms with E-state index in [1.165, 1.54) is 0 Å². The predicted molar refractivity (Wildman–Crippen MR) is 67.8 cm³/mol. The van der Waals surface area contributed by atoms with Crippen molar-refractivity contribution in [3.8, 4) is 0 Å². The monoisotopic (exact) mass is 247 g/mol. The van der Waals surface area contributed by atoms with Gasteiger partial charge in [0.05, 0.1) is 12.6 Å². The number of carbonyl (C=O) groups excluding carboxylic acids is 2. The van der Waals surface area contributed by atoms with Crippen LogP contribution in [0.15, 0.2) is 30.3 Å². The molecule has 1 unspecified atom stereocenters. The molecule has 18 heavy (non-hydrogen) atoms. The number of rotatable bonds is 3. The molecule has 2 atom stereocenters. The average Bonchev–Trinajstić information content (AvgIpc) is 2.40. The third kappa shape index (κ3) is 3.07. The predicted octanol–water partition coefficient (Wildman–Crippen LogP) is -0.0482. The Morgan fingerprint density at radius 2 is 2.11 bits per heavy atom. The van der Waals surface area contributed by atoms with Gasteiger partial charge in [-0.05, 0) is 12.5 Å². The topological polar surface area (TPSA) is 70.2 Å². The first-order valence-electron chi connectivity index (χ1n) is 6.02. The molecule has 2 rings (SSSR count). The van der Waals surface area contributed by atoms with Crippen molar-refractivity contribution in [3.05, 3.63) is 35.9 Å². The van der Waals surface area contributed by atoms with Gasteiger partial charge in [0.2, 0.25) is 11.8 Å². The number of hydrogen-bond donors (Lipinski definition) is 3. The molecule has 0 saturated carbocycles. The van der Waals surface area contributed by atoms with E-state index in [1.54, 1.807) is 0 Å². The largest absolute Gasteiger partial charge is 0.353 e. The lowest BCUT2D eigenvalue weighted by molar-refractivity contribution is -0.127. The number of benzene rings is 1. The molecule has 1 heterocycles. The SMILES string of the molecule is C[C@@H](NC(=O)C1CNC(=O)CN1)c1ccccc1. The molecule has 0 aliphatic carbocycles. The van der Waals surface area contributed by atoms with Crippen molar-refractivity contribution in [2.75, 3.05) is 13.1 Å². The molecule has 0 aromatic heterocycles. The summed E-state index contributed by atoms with van der Waals surface area (Å²) in [6, 6.07) is 9.37. The molecule has 1 aliphatic rings. The van der Waals surface area contributed by atoms with Crippen molar-refractivity contribution < 1.29 is 9.59 Å². The van der Waals surface area contributed by atoms with Crippen molar-refractivity contribution in [2.45, 2.75) is 19.0 Å². The smallest absolute Gasteiger partial charge is 0.239 e. The van der Waals surface area contributed by atoms with Gasteiger partial charge in [0.25, 0.3) is 0 Å². The number of piperazine rings is 1. The zero-order valence-electron chi connectivity index (χ0n) is 10.3. The number of nitrogens with one attached hydrogen (secondary N) is 3. The van der Waals surface area contributed by atoms with Gasteiger partial charge in [0, 0.05) is 6.54 Å². The van der Waals surface area contributed by atoms with Gasteiger partial charge in [-0.1, -0.05) is 30.3 Å². The average molecular weight is 247 g/mol. The molecular weight excluding hydrogens is 230 g/mol. The van der Waals surface area contributed by atoms with Gasteiger partial charge in [-0.3, -0.25) is 14.9 Å². The summed E-state index contributed by atoms with van der Waals surface area (Å²) in [7, 11) is 0. The summed E-state index contributed by atoms with van der Waals surface area (Å²) in [5.74, 6) is -0.165. The molecule has 96 valence electrons. The third-order valence-electron chi connectivity index (χ3n) is 2.99. The lowest BCUT2D eigenvalue weighted by atomic mass is 10.1. The Kier molecular flexibility index (Phi) is 3.94. The van der Waals surface area contributed by atoms with Crippen LogP contribution in [0.4, 0.5) is 0 Å². The zero-order chi connectivity index (χ0) is 13.0. The van der Waals surface area contributed by atoms with E-state index in [0.717, 1.165) is 5.56 Å². The summed E-state index contributed by atoms with van der Waals surface area (Å²) >= 11 is 0. The van der Waals surface area contributed by atoms with Crippen LogP contribution in [0.2, 0.25) is 0 Å². The van der Waals surface area contributed by atoms with E-state index in [2.05, 4.69) is 16.0 Å². The highest BCUT2D eigenvalue weighted by Gasteiger charge is 2.24. The molecule has 5 nitrogen and oxygen atoms in total. The molecule has 1 aromatic carbocycles. The minimum absolute atomic E-state index is 0.0434.